The van der Waals surface area contributed by atoms with Gasteiger partial charge in [0.15, 0.2) is 16.5 Å². The van der Waals surface area contributed by atoms with Crippen LogP contribution in [0.15, 0.2) is 36.0 Å². The fourth-order valence-corrected chi connectivity index (χ4v) is 3.04. The predicted molar refractivity (Wildman–Crippen MR) is 76.2 cm³/mol. The van der Waals surface area contributed by atoms with E-state index in [9.17, 15) is 0 Å². The van der Waals surface area contributed by atoms with Gasteiger partial charge in [0, 0.05) is 36.4 Å². The van der Waals surface area contributed by atoms with Crippen LogP contribution < -0.4 is 14.8 Å². The summed E-state index contributed by atoms with van der Waals surface area (Å²) in [5, 5.41) is 5.42. The molecule has 1 N–H and O–H groups in total. The Labute approximate surface area is 119 Å². The van der Waals surface area contributed by atoms with Gasteiger partial charge in [-0.2, -0.15) is 0 Å². The van der Waals surface area contributed by atoms with E-state index in [0.717, 1.165) is 40.8 Å². The molecule has 0 saturated heterocycles. The summed E-state index contributed by atoms with van der Waals surface area (Å²) in [5.74, 6) is 1.68. The summed E-state index contributed by atoms with van der Waals surface area (Å²) >= 11 is 1.64. The van der Waals surface area contributed by atoms with Gasteiger partial charge in [-0.15, -0.1) is 11.3 Å². The zero-order valence-corrected chi connectivity index (χ0v) is 11.5. The summed E-state index contributed by atoms with van der Waals surface area (Å²) in [7, 11) is 0. The number of fused-ring (bicyclic) bond motifs is 2. The molecule has 3 aromatic rings. The molecule has 0 fully saturated rings. The third-order valence-corrected chi connectivity index (χ3v) is 4.01. The molecule has 0 atom stereocenters. The number of hydrogen-bond donors (Lipinski definition) is 1. The van der Waals surface area contributed by atoms with Gasteiger partial charge in [-0.05, 0) is 6.07 Å². The minimum Gasteiger partial charge on any atom is -0.454 e. The van der Waals surface area contributed by atoms with Gasteiger partial charge in [-0.25, -0.2) is 4.98 Å². The van der Waals surface area contributed by atoms with Crippen LogP contribution in [0.5, 0.6) is 11.5 Å². The summed E-state index contributed by atoms with van der Waals surface area (Å²) in [5.41, 5.74) is 2.16. The van der Waals surface area contributed by atoms with Crippen molar-refractivity contribution in [1.29, 1.82) is 0 Å². The van der Waals surface area contributed by atoms with Crippen LogP contribution in [0.1, 0.15) is 11.3 Å². The van der Waals surface area contributed by atoms with Gasteiger partial charge < -0.3 is 14.8 Å². The summed E-state index contributed by atoms with van der Waals surface area (Å²) < 4.78 is 12.9. The number of benzene rings is 1. The predicted octanol–water partition coefficient (Wildman–Crippen LogP) is 2.41. The van der Waals surface area contributed by atoms with E-state index >= 15 is 0 Å². The first-order valence-electron chi connectivity index (χ1n) is 6.39. The molecule has 1 aromatic carbocycles. The molecule has 6 heteroatoms. The fourth-order valence-electron chi connectivity index (χ4n) is 2.32. The summed E-state index contributed by atoms with van der Waals surface area (Å²) in [6, 6.07) is 5.96. The first kappa shape index (κ1) is 11.7. The molecule has 2 aromatic heterocycles. The molecule has 0 aliphatic carbocycles. The SMILES string of the molecule is c1cc(CNCc2cn3ccsc3n2)c2c(c1)OCO2. The Hall–Kier alpha value is -2.05. The van der Waals surface area contributed by atoms with Crippen molar-refractivity contribution in [3.8, 4) is 11.5 Å². The number of aromatic nitrogens is 2. The summed E-state index contributed by atoms with van der Waals surface area (Å²) in [4.78, 5) is 5.57. The second-order valence-electron chi connectivity index (χ2n) is 4.58. The van der Waals surface area contributed by atoms with Crippen LogP contribution in [-0.2, 0) is 13.1 Å². The lowest BCUT2D eigenvalue weighted by molar-refractivity contribution is 0.173. The molecule has 0 amide bonds. The molecule has 0 radical (unpaired) electrons. The maximum atomic E-state index is 5.49. The van der Waals surface area contributed by atoms with Crippen molar-refractivity contribution in [2.45, 2.75) is 13.1 Å². The maximum absolute atomic E-state index is 5.49. The molecular weight excluding hydrogens is 274 g/mol. The molecule has 20 heavy (non-hydrogen) atoms. The Morgan fingerprint density at radius 3 is 3.25 bits per heavy atom. The zero-order chi connectivity index (χ0) is 13.4. The van der Waals surface area contributed by atoms with E-state index in [1.54, 1.807) is 11.3 Å². The number of para-hydroxylation sites is 1. The molecule has 1 aliphatic heterocycles. The highest BCUT2D eigenvalue weighted by Crippen LogP contribution is 2.35. The largest absolute Gasteiger partial charge is 0.454 e. The van der Waals surface area contributed by atoms with E-state index in [1.165, 1.54) is 0 Å². The highest BCUT2D eigenvalue weighted by molar-refractivity contribution is 7.15. The van der Waals surface area contributed by atoms with E-state index in [1.807, 2.05) is 40.4 Å². The quantitative estimate of drug-likeness (QED) is 0.800. The van der Waals surface area contributed by atoms with Gasteiger partial charge in [0.25, 0.3) is 0 Å². The van der Waals surface area contributed by atoms with Gasteiger partial charge in [-0.1, -0.05) is 12.1 Å². The Balaban J connectivity index is 1.43. The van der Waals surface area contributed by atoms with Crippen LogP contribution >= 0.6 is 11.3 Å². The van der Waals surface area contributed by atoms with Crippen molar-refractivity contribution < 1.29 is 9.47 Å². The van der Waals surface area contributed by atoms with Crippen molar-refractivity contribution in [3.63, 3.8) is 0 Å². The first-order valence-corrected chi connectivity index (χ1v) is 7.27. The number of thiazole rings is 1. The normalized spacial score (nSPS) is 13.2. The highest BCUT2D eigenvalue weighted by Gasteiger charge is 2.16. The van der Waals surface area contributed by atoms with Crippen LogP contribution in [0.4, 0.5) is 0 Å². The number of rotatable bonds is 4. The standard InChI is InChI=1S/C14H13N3O2S/c1-2-10(13-12(3-1)18-9-19-13)6-15-7-11-8-17-4-5-20-14(17)16-11/h1-5,8,15H,6-7,9H2. The van der Waals surface area contributed by atoms with Crippen molar-refractivity contribution in [2.75, 3.05) is 6.79 Å². The number of hydrogen-bond acceptors (Lipinski definition) is 5. The van der Waals surface area contributed by atoms with E-state index in [2.05, 4.69) is 10.3 Å². The van der Waals surface area contributed by atoms with Crippen LogP contribution in [-0.4, -0.2) is 16.2 Å². The van der Waals surface area contributed by atoms with Crippen molar-refractivity contribution in [2.24, 2.45) is 0 Å². The zero-order valence-electron chi connectivity index (χ0n) is 10.7. The van der Waals surface area contributed by atoms with Crippen molar-refractivity contribution >= 4 is 16.3 Å². The van der Waals surface area contributed by atoms with Gasteiger partial charge in [-0.3, -0.25) is 4.40 Å². The van der Waals surface area contributed by atoms with Gasteiger partial charge in [0.2, 0.25) is 6.79 Å². The highest BCUT2D eigenvalue weighted by atomic mass is 32.1. The third kappa shape index (κ3) is 2.03. The molecular formula is C14H13N3O2S. The van der Waals surface area contributed by atoms with E-state index in [4.69, 9.17) is 9.47 Å². The number of ether oxygens (including phenoxy) is 2. The number of nitrogens with zero attached hydrogens (tertiary/aromatic N) is 2. The van der Waals surface area contributed by atoms with Crippen LogP contribution in [0.25, 0.3) is 4.96 Å². The monoisotopic (exact) mass is 287 g/mol. The van der Waals surface area contributed by atoms with Crippen LogP contribution in [0, 0.1) is 0 Å². The average molecular weight is 287 g/mol. The lowest BCUT2D eigenvalue weighted by Crippen LogP contribution is -2.13. The lowest BCUT2D eigenvalue weighted by Gasteiger charge is -2.06. The Morgan fingerprint density at radius 1 is 1.30 bits per heavy atom. The van der Waals surface area contributed by atoms with Crippen molar-refractivity contribution in [1.82, 2.24) is 14.7 Å². The molecule has 0 bridgehead atoms. The molecule has 102 valence electrons. The van der Waals surface area contributed by atoms with E-state index in [0.29, 0.717) is 6.79 Å². The van der Waals surface area contributed by atoms with Crippen LogP contribution in [0.2, 0.25) is 0 Å². The molecule has 1 aliphatic rings. The minimum atomic E-state index is 0.309. The molecule has 0 spiro atoms. The minimum absolute atomic E-state index is 0.309. The van der Waals surface area contributed by atoms with Crippen LogP contribution in [0.3, 0.4) is 0 Å². The van der Waals surface area contributed by atoms with Gasteiger partial charge >= 0.3 is 0 Å². The first-order chi connectivity index (χ1) is 9.90. The average Bonchev–Trinajstić information content (AvgIpc) is 3.13. The molecule has 0 saturated carbocycles. The summed E-state index contributed by atoms with van der Waals surface area (Å²) in [6.07, 6.45) is 4.07. The Morgan fingerprint density at radius 2 is 2.30 bits per heavy atom. The molecule has 5 nitrogen and oxygen atoms in total. The molecule has 0 unspecified atom stereocenters. The second-order valence-corrected chi connectivity index (χ2v) is 5.45. The number of nitrogens with one attached hydrogen (secondary N) is 1. The molecule has 4 rings (SSSR count). The Kier molecular flexibility index (Phi) is 2.82. The topological polar surface area (TPSA) is 47.8 Å². The number of imidazole rings is 1. The lowest BCUT2D eigenvalue weighted by atomic mass is 10.2. The third-order valence-electron chi connectivity index (χ3n) is 3.24. The smallest absolute Gasteiger partial charge is 0.231 e. The van der Waals surface area contributed by atoms with Crippen molar-refractivity contribution in [3.05, 3.63) is 47.2 Å². The fraction of sp³-hybridized carbons (Fsp3) is 0.214. The Bertz CT molecular complexity index is 721. The summed E-state index contributed by atoms with van der Waals surface area (Å²) in [6.45, 7) is 1.78. The molecule has 3 heterocycles. The van der Waals surface area contributed by atoms with Gasteiger partial charge in [0.05, 0.1) is 5.69 Å². The van der Waals surface area contributed by atoms with E-state index < -0.39 is 0 Å². The van der Waals surface area contributed by atoms with Gasteiger partial charge in [0.1, 0.15) is 0 Å². The second kappa shape index (κ2) is 4.81. The van der Waals surface area contributed by atoms with E-state index in [-0.39, 0.29) is 0 Å². The maximum Gasteiger partial charge on any atom is 0.231 e.